The lowest BCUT2D eigenvalue weighted by molar-refractivity contribution is 0.134. The van der Waals surface area contributed by atoms with Crippen LogP contribution in [0.4, 0.5) is 0 Å². The third kappa shape index (κ3) is 4.93. The fraction of sp³-hybridized carbons (Fsp3) is 0.636. The summed E-state index contributed by atoms with van der Waals surface area (Å²) in [6, 6.07) is 2.17. The number of halogens is 1. The molecule has 5 heteroatoms. The summed E-state index contributed by atoms with van der Waals surface area (Å²) in [5.41, 5.74) is 1.27. The zero-order valence-electron chi connectivity index (χ0n) is 9.96. The molecule has 0 aromatic carbocycles. The van der Waals surface area contributed by atoms with Crippen molar-refractivity contribution in [3.05, 3.63) is 20.3 Å². The monoisotopic (exact) mass is 306 g/mol. The molecule has 0 bridgehead atoms. The molecule has 0 amide bonds. The largest absolute Gasteiger partial charge is 0.390 e. The van der Waals surface area contributed by atoms with Gasteiger partial charge in [-0.25, -0.2) is 0 Å². The normalized spacial score (nSPS) is 13.4. The first kappa shape index (κ1) is 14.1. The second-order valence-corrected chi connectivity index (χ2v) is 6.67. The molecule has 0 aliphatic carbocycles. The van der Waals surface area contributed by atoms with Gasteiger partial charge in [-0.05, 0) is 48.6 Å². The Morgan fingerprint density at radius 2 is 2.25 bits per heavy atom. The van der Waals surface area contributed by atoms with Gasteiger partial charge in [-0.2, -0.15) is 0 Å². The molecule has 0 spiro atoms. The first-order valence-electron chi connectivity index (χ1n) is 5.27. The maximum atomic E-state index is 9.65. The zero-order chi connectivity index (χ0) is 12.1. The van der Waals surface area contributed by atoms with Crippen molar-refractivity contribution in [1.29, 1.82) is 0 Å². The molecule has 0 saturated heterocycles. The van der Waals surface area contributed by atoms with E-state index in [2.05, 4.69) is 34.2 Å². The van der Waals surface area contributed by atoms with Crippen molar-refractivity contribution in [3.63, 3.8) is 0 Å². The minimum atomic E-state index is -0.306. The van der Waals surface area contributed by atoms with E-state index in [9.17, 15) is 5.11 Å². The highest BCUT2D eigenvalue weighted by molar-refractivity contribution is 9.11. The van der Waals surface area contributed by atoms with Gasteiger partial charge in [0.05, 0.1) is 9.89 Å². The summed E-state index contributed by atoms with van der Waals surface area (Å²) in [4.78, 5) is 3.28. The van der Waals surface area contributed by atoms with Crippen LogP contribution in [0.3, 0.4) is 0 Å². The molecule has 0 aliphatic heterocycles. The van der Waals surface area contributed by atoms with Crippen LogP contribution in [0.25, 0.3) is 0 Å². The third-order valence-corrected chi connectivity index (χ3v) is 4.30. The van der Waals surface area contributed by atoms with Crippen molar-refractivity contribution in [1.82, 2.24) is 10.2 Å². The van der Waals surface area contributed by atoms with Gasteiger partial charge in [0.25, 0.3) is 0 Å². The Hall–Kier alpha value is 0.0600. The van der Waals surface area contributed by atoms with Crippen molar-refractivity contribution < 1.29 is 5.11 Å². The number of nitrogens with one attached hydrogen (secondary N) is 1. The molecule has 0 radical (unpaired) electrons. The lowest BCUT2D eigenvalue weighted by Gasteiger charge is -2.16. The topological polar surface area (TPSA) is 35.5 Å². The lowest BCUT2D eigenvalue weighted by atomic mass is 10.3. The standard InChI is InChI=1S/C11H19BrN2OS/c1-8-4-10(16-11(8)12)6-13-5-9(15)7-14(2)3/h4,9,13,15H,5-7H2,1-3H3. The number of aliphatic hydroxyl groups is 1. The van der Waals surface area contributed by atoms with Gasteiger partial charge in [-0.1, -0.05) is 0 Å². The van der Waals surface area contributed by atoms with Gasteiger partial charge in [-0.15, -0.1) is 11.3 Å². The smallest absolute Gasteiger partial charge is 0.0791 e. The summed E-state index contributed by atoms with van der Waals surface area (Å²) in [5, 5.41) is 12.9. The average Bonchev–Trinajstić information content (AvgIpc) is 2.44. The highest BCUT2D eigenvalue weighted by atomic mass is 79.9. The van der Waals surface area contributed by atoms with Gasteiger partial charge in [0, 0.05) is 24.5 Å². The molecule has 16 heavy (non-hydrogen) atoms. The van der Waals surface area contributed by atoms with Gasteiger partial charge in [0.2, 0.25) is 0 Å². The van der Waals surface area contributed by atoms with Crippen LogP contribution in [0.1, 0.15) is 10.4 Å². The van der Waals surface area contributed by atoms with E-state index < -0.39 is 0 Å². The fourth-order valence-electron chi connectivity index (χ4n) is 1.46. The molecule has 0 saturated carbocycles. The zero-order valence-corrected chi connectivity index (χ0v) is 12.4. The molecule has 3 nitrogen and oxygen atoms in total. The Bertz CT molecular complexity index is 308. The molecule has 92 valence electrons. The molecule has 2 N–H and O–H groups in total. The molecule has 0 fully saturated rings. The minimum absolute atomic E-state index is 0.306. The SMILES string of the molecule is Cc1cc(CNCC(O)CN(C)C)sc1Br. The number of aryl methyl sites for hydroxylation is 1. The van der Waals surface area contributed by atoms with Crippen LogP contribution in [0.2, 0.25) is 0 Å². The van der Waals surface area contributed by atoms with E-state index in [0.29, 0.717) is 13.1 Å². The average molecular weight is 307 g/mol. The summed E-state index contributed by atoms with van der Waals surface area (Å²) in [7, 11) is 3.92. The van der Waals surface area contributed by atoms with Gasteiger partial charge in [0.15, 0.2) is 0 Å². The van der Waals surface area contributed by atoms with Crippen LogP contribution in [0.5, 0.6) is 0 Å². The van der Waals surface area contributed by atoms with Crippen molar-refractivity contribution in [3.8, 4) is 0 Å². The van der Waals surface area contributed by atoms with E-state index in [1.807, 2.05) is 19.0 Å². The second kappa shape index (κ2) is 6.71. The van der Waals surface area contributed by atoms with Crippen LogP contribution in [0.15, 0.2) is 9.85 Å². The van der Waals surface area contributed by atoms with Crippen molar-refractivity contribution in [2.75, 3.05) is 27.2 Å². The first-order valence-corrected chi connectivity index (χ1v) is 6.88. The number of rotatable bonds is 6. The Kier molecular flexibility index (Phi) is 5.92. The maximum Gasteiger partial charge on any atom is 0.0791 e. The number of likely N-dealkylation sites (N-methyl/N-ethyl adjacent to an activating group) is 1. The summed E-state index contributed by atoms with van der Waals surface area (Å²) in [5.74, 6) is 0. The van der Waals surface area contributed by atoms with E-state index in [4.69, 9.17) is 0 Å². The Morgan fingerprint density at radius 3 is 2.75 bits per heavy atom. The predicted molar refractivity (Wildman–Crippen MR) is 73.0 cm³/mol. The van der Waals surface area contributed by atoms with Gasteiger partial charge >= 0.3 is 0 Å². The van der Waals surface area contributed by atoms with Crippen LogP contribution in [-0.2, 0) is 6.54 Å². The summed E-state index contributed by atoms with van der Waals surface area (Å²) in [6.07, 6.45) is -0.306. The number of hydrogen-bond acceptors (Lipinski definition) is 4. The molecular formula is C11H19BrN2OS. The molecule has 1 heterocycles. The predicted octanol–water partition coefficient (Wildman–Crippen LogP) is 1.83. The Balaban J connectivity index is 2.25. The quantitative estimate of drug-likeness (QED) is 0.842. The van der Waals surface area contributed by atoms with Crippen LogP contribution in [0, 0.1) is 6.92 Å². The number of hydrogen-bond donors (Lipinski definition) is 2. The van der Waals surface area contributed by atoms with E-state index in [-0.39, 0.29) is 6.10 Å². The summed E-state index contributed by atoms with van der Waals surface area (Å²) < 4.78 is 1.19. The third-order valence-electron chi connectivity index (χ3n) is 2.16. The van der Waals surface area contributed by atoms with Gasteiger partial charge in [0.1, 0.15) is 0 Å². The fourth-order valence-corrected chi connectivity index (χ4v) is 3.06. The number of aliphatic hydroxyl groups excluding tert-OH is 1. The summed E-state index contributed by atoms with van der Waals surface area (Å²) >= 11 is 5.25. The van der Waals surface area contributed by atoms with E-state index >= 15 is 0 Å². The molecule has 1 unspecified atom stereocenters. The van der Waals surface area contributed by atoms with Crippen LogP contribution in [-0.4, -0.2) is 43.3 Å². The van der Waals surface area contributed by atoms with E-state index in [1.165, 1.54) is 14.2 Å². The molecule has 1 aromatic rings. The van der Waals surface area contributed by atoms with Crippen molar-refractivity contribution in [2.45, 2.75) is 19.6 Å². The molecule has 1 rings (SSSR count). The minimum Gasteiger partial charge on any atom is -0.390 e. The highest BCUT2D eigenvalue weighted by Crippen LogP contribution is 2.26. The van der Waals surface area contributed by atoms with E-state index in [0.717, 1.165) is 6.54 Å². The maximum absolute atomic E-state index is 9.65. The summed E-state index contributed by atoms with van der Waals surface area (Å²) in [6.45, 7) is 4.24. The second-order valence-electron chi connectivity index (χ2n) is 4.22. The molecule has 0 aliphatic rings. The van der Waals surface area contributed by atoms with Gasteiger partial charge in [-0.3, -0.25) is 0 Å². The first-order chi connectivity index (χ1) is 7.49. The molecule has 1 atom stereocenters. The molecular weight excluding hydrogens is 288 g/mol. The van der Waals surface area contributed by atoms with Crippen molar-refractivity contribution in [2.24, 2.45) is 0 Å². The van der Waals surface area contributed by atoms with E-state index in [1.54, 1.807) is 11.3 Å². The van der Waals surface area contributed by atoms with Crippen molar-refractivity contribution >= 4 is 27.3 Å². The number of nitrogens with zero attached hydrogens (tertiary/aromatic N) is 1. The lowest BCUT2D eigenvalue weighted by Crippen LogP contribution is -2.34. The van der Waals surface area contributed by atoms with Crippen LogP contribution < -0.4 is 5.32 Å². The molecule has 1 aromatic heterocycles. The Labute approximate surface area is 110 Å². The van der Waals surface area contributed by atoms with Crippen LogP contribution >= 0.6 is 27.3 Å². The van der Waals surface area contributed by atoms with Gasteiger partial charge < -0.3 is 15.3 Å². The highest BCUT2D eigenvalue weighted by Gasteiger charge is 2.06. The Morgan fingerprint density at radius 1 is 1.56 bits per heavy atom. The number of thiophene rings is 1.